The Balaban J connectivity index is 1.57. The zero-order valence-electron chi connectivity index (χ0n) is 11.0. The third-order valence-corrected chi connectivity index (χ3v) is 3.82. The van der Waals surface area contributed by atoms with Gasteiger partial charge in [0.1, 0.15) is 0 Å². The number of tetrazole rings is 1. The van der Waals surface area contributed by atoms with Crippen molar-refractivity contribution in [2.24, 2.45) is 7.05 Å². The van der Waals surface area contributed by atoms with E-state index >= 15 is 0 Å². The monoisotopic (exact) mass is 250 g/mol. The van der Waals surface area contributed by atoms with Gasteiger partial charge in [-0.1, -0.05) is 6.42 Å². The lowest BCUT2D eigenvalue weighted by atomic mass is 10.0. The molecule has 1 unspecified atom stereocenters. The highest BCUT2D eigenvalue weighted by molar-refractivity contribution is 4.90. The van der Waals surface area contributed by atoms with Gasteiger partial charge in [0.15, 0.2) is 5.82 Å². The summed E-state index contributed by atoms with van der Waals surface area (Å²) < 4.78 is 0. The molecule has 6 heteroatoms. The van der Waals surface area contributed by atoms with Crippen molar-refractivity contribution in [3.8, 4) is 0 Å². The van der Waals surface area contributed by atoms with Crippen LogP contribution in [0.15, 0.2) is 0 Å². The van der Waals surface area contributed by atoms with E-state index in [-0.39, 0.29) is 0 Å². The van der Waals surface area contributed by atoms with Gasteiger partial charge in [0, 0.05) is 18.6 Å². The quantitative estimate of drug-likeness (QED) is 0.815. The summed E-state index contributed by atoms with van der Waals surface area (Å²) in [5.41, 5.74) is 0. The Morgan fingerprint density at radius 2 is 2.22 bits per heavy atom. The Morgan fingerprint density at radius 1 is 1.33 bits per heavy atom. The van der Waals surface area contributed by atoms with Gasteiger partial charge in [-0.25, -0.2) is 0 Å². The third kappa shape index (κ3) is 3.05. The van der Waals surface area contributed by atoms with Gasteiger partial charge < -0.3 is 5.32 Å². The molecule has 2 aliphatic rings. The summed E-state index contributed by atoms with van der Waals surface area (Å²) in [7, 11) is 1.82. The van der Waals surface area contributed by atoms with Crippen LogP contribution in [0.3, 0.4) is 0 Å². The van der Waals surface area contributed by atoms with Crippen molar-refractivity contribution in [3.63, 3.8) is 0 Å². The molecular weight excluding hydrogens is 228 g/mol. The second kappa shape index (κ2) is 5.32. The first-order valence-electron chi connectivity index (χ1n) is 7.01. The largest absolute Gasteiger partial charge is 0.313 e. The summed E-state index contributed by atoms with van der Waals surface area (Å²) in [6.45, 7) is 3.15. The van der Waals surface area contributed by atoms with Crippen LogP contribution in [0, 0.1) is 0 Å². The number of hydrogen-bond acceptors (Lipinski definition) is 5. The van der Waals surface area contributed by atoms with E-state index in [9.17, 15) is 0 Å². The molecule has 0 bridgehead atoms. The fourth-order valence-corrected chi connectivity index (χ4v) is 2.71. The summed E-state index contributed by atoms with van der Waals surface area (Å²) >= 11 is 0. The second-order valence-corrected chi connectivity index (χ2v) is 5.50. The lowest BCUT2D eigenvalue weighted by Crippen LogP contribution is -2.44. The van der Waals surface area contributed by atoms with Crippen LogP contribution in [-0.4, -0.2) is 50.3 Å². The Labute approximate surface area is 108 Å². The topological polar surface area (TPSA) is 58.9 Å². The van der Waals surface area contributed by atoms with Crippen LogP contribution in [-0.2, 0) is 13.6 Å². The molecule has 100 valence electrons. The Hall–Kier alpha value is -1.01. The van der Waals surface area contributed by atoms with E-state index in [0.717, 1.165) is 25.0 Å². The molecule has 2 fully saturated rings. The molecule has 0 radical (unpaired) electrons. The van der Waals surface area contributed by atoms with E-state index in [1.54, 1.807) is 4.80 Å². The lowest BCUT2D eigenvalue weighted by Gasteiger charge is -2.29. The van der Waals surface area contributed by atoms with Crippen molar-refractivity contribution in [3.05, 3.63) is 5.82 Å². The van der Waals surface area contributed by atoms with Gasteiger partial charge >= 0.3 is 0 Å². The molecule has 1 saturated carbocycles. The van der Waals surface area contributed by atoms with Crippen LogP contribution in [0.1, 0.15) is 37.9 Å². The summed E-state index contributed by atoms with van der Waals surface area (Å²) in [6.07, 6.45) is 6.64. The number of aryl methyl sites for hydroxylation is 1. The normalized spacial score (nSPS) is 24.7. The Morgan fingerprint density at radius 3 is 2.83 bits per heavy atom. The van der Waals surface area contributed by atoms with Crippen molar-refractivity contribution < 1.29 is 0 Å². The average Bonchev–Trinajstić information content (AvgIpc) is 3.15. The first kappa shape index (κ1) is 12.0. The highest BCUT2D eigenvalue weighted by Gasteiger charge is 2.31. The minimum absolute atomic E-state index is 0.649. The predicted molar refractivity (Wildman–Crippen MR) is 67.9 cm³/mol. The number of hydrogen-bond donors (Lipinski definition) is 1. The number of rotatable bonds is 5. The predicted octanol–water partition coefficient (Wildman–Crippen LogP) is 0.317. The van der Waals surface area contributed by atoms with Crippen molar-refractivity contribution >= 4 is 0 Å². The molecule has 1 N–H and O–H groups in total. The minimum Gasteiger partial charge on any atom is -0.313 e. The molecule has 18 heavy (non-hydrogen) atoms. The van der Waals surface area contributed by atoms with Crippen molar-refractivity contribution in [2.45, 2.75) is 50.7 Å². The van der Waals surface area contributed by atoms with Crippen LogP contribution < -0.4 is 5.32 Å². The first-order valence-corrected chi connectivity index (χ1v) is 7.01. The molecule has 0 spiro atoms. The molecule has 1 atom stereocenters. The van der Waals surface area contributed by atoms with Gasteiger partial charge in [-0.2, -0.15) is 4.80 Å². The van der Waals surface area contributed by atoms with E-state index in [2.05, 4.69) is 25.6 Å². The summed E-state index contributed by atoms with van der Waals surface area (Å²) in [5, 5.41) is 15.9. The Kier molecular flexibility index (Phi) is 3.56. The molecule has 1 aliphatic carbocycles. The van der Waals surface area contributed by atoms with Crippen molar-refractivity contribution in [2.75, 3.05) is 13.1 Å². The van der Waals surface area contributed by atoms with Crippen LogP contribution in [0.25, 0.3) is 0 Å². The van der Waals surface area contributed by atoms with Crippen LogP contribution in [0.5, 0.6) is 0 Å². The van der Waals surface area contributed by atoms with E-state index < -0.39 is 0 Å². The molecule has 1 aromatic heterocycles. The van der Waals surface area contributed by atoms with Gasteiger partial charge in [-0.05, 0) is 37.4 Å². The van der Waals surface area contributed by atoms with Gasteiger partial charge in [-0.15, -0.1) is 10.2 Å². The fraction of sp³-hybridized carbons (Fsp3) is 0.917. The molecule has 3 rings (SSSR count). The standard InChI is InChI=1S/C12H22N6/c1-17-15-12(14-16-17)9-18(11-5-6-11)8-10-4-2-3-7-13-10/h10-11,13H,2-9H2,1H3. The number of piperidine rings is 1. The molecule has 1 saturated heterocycles. The zero-order chi connectivity index (χ0) is 12.4. The molecule has 1 aromatic rings. The summed E-state index contributed by atoms with van der Waals surface area (Å²) in [5.74, 6) is 0.847. The van der Waals surface area contributed by atoms with Crippen molar-refractivity contribution in [1.29, 1.82) is 0 Å². The number of aromatic nitrogens is 4. The fourth-order valence-electron chi connectivity index (χ4n) is 2.71. The maximum atomic E-state index is 4.29. The first-order chi connectivity index (χ1) is 8.81. The van der Waals surface area contributed by atoms with Gasteiger partial charge in [-0.3, -0.25) is 4.90 Å². The highest BCUT2D eigenvalue weighted by Crippen LogP contribution is 2.28. The second-order valence-electron chi connectivity index (χ2n) is 5.50. The zero-order valence-corrected chi connectivity index (χ0v) is 11.0. The molecule has 2 heterocycles. The Bertz CT molecular complexity index is 380. The smallest absolute Gasteiger partial charge is 0.188 e. The van der Waals surface area contributed by atoms with Gasteiger partial charge in [0.2, 0.25) is 0 Å². The molecular formula is C12H22N6. The van der Waals surface area contributed by atoms with E-state index in [1.165, 1.54) is 38.6 Å². The minimum atomic E-state index is 0.649. The van der Waals surface area contributed by atoms with E-state index in [1.807, 2.05) is 7.05 Å². The summed E-state index contributed by atoms with van der Waals surface area (Å²) in [6, 6.07) is 1.40. The van der Waals surface area contributed by atoms with Gasteiger partial charge in [0.25, 0.3) is 0 Å². The number of nitrogens with zero attached hydrogens (tertiary/aromatic N) is 5. The van der Waals surface area contributed by atoms with E-state index in [4.69, 9.17) is 0 Å². The maximum Gasteiger partial charge on any atom is 0.188 e. The maximum absolute atomic E-state index is 4.29. The van der Waals surface area contributed by atoms with Crippen LogP contribution in [0.2, 0.25) is 0 Å². The number of nitrogens with one attached hydrogen (secondary N) is 1. The van der Waals surface area contributed by atoms with Gasteiger partial charge in [0.05, 0.1) is 13.6 Å². The average molecular weight is 250 g/mol. The lowest BCUT2D eigenvalue weighted by molar-refractivity contribution is 0.204. The summed E-state index contributed by atoms with van der Waals surface area (Å²) in [4.78, 5) is 4.07. The molecule has 6 nitrogen and oxygen atoms in total. The third-order valence-electron chi connectivity index (χ3n) is 3.82. The molecule has 0 amide bonds. The van der Waals surface area contributed by atoms with Crippen LogP contribution >= 0.6 is 0 Å². The molecule has 1 aliphatic heterocycles. The van der Waals surface area contributed by atoms with Crippen LogP contribution in [0.4, 0.5) is 0 Å². The molecule has 0 aromatic carbocycles. The highest BCUT2D eigenvalue weighted by atomic mass is 15.6. The van der Waals surface area contributed by atoms with Crippen molar-refractivity contribution in [1.82, 2.24) is 30.4 Å². The SMILES string of the molecule is Cn1nnc(CN(CC2CCCCN2)C2CC2)n1. The van der Waals surface area contributed by atoms with E-state index in [0.29, 0.717) is 6.04 Å².